The number of carbonyl (C=O) groups is 1. The molecule has 2 aromatic carbocycles. The topological polar surface area (TPSA) is 78.5 Å². The first-order valence-corrected chi connectivity index (χ1v) is 12.7. The van der Waals surface area contributed by atoms with Gasteiger partial charge < -0.3 is 10.2 Å². The van der Waals surface area contributed by atoms with E-state index in [9.17, 15) is 13.2 Å². The van der Waals surface area contributed by atoms with Gasteiger partial charge in [0.2, 0.25) is 5.91 Å². The van der Waals surface area contributed by atoms with E-state index in [0.717, 1.165) is 29.6 Å². The van der Waals surface area contributed by atoms with Crippen molar-refractivity contribution < 1.29 is 13.2 Å². The molecule has 2 aliphatic rings. The van der Waals surface area contributed by atoms with Gasteiger partial charge in [-0.25, -0.2) is 8.42 Å². The molecule has 0 bridgehead atoms. The zero-order chi connectivity index (χ0) is 21.3. The number of hydrogen-bond acceptors (Lipinski definition) is 5. The molecule has 2 N–H and O–H groups in total. The first-order chi connectivity index (χ1) is 14.3. The van der Waals surface area contributed by atoms with Crippen molar-refractivity contribution in [2.24, 2.45) is 11.8 Å². The van der Waals surface area contributed by atoms with Crippen molar-refractivity contribution in [3.63, 3.8) is 0 Å². The van der Waals surface area contributed by atoms with Crippen molar-refractivity contribution in [1.82, 2.24) is 0 Å². The summed E-state index contributed by atoms with van der Waals surface area (Å²) in [5, 5.41) is 2.84. The van der Waals surface area contributed by atoms with E-state index >= 15 is 0 Å². The molecular formula is C22H27N3O3S2. The van der Waals surface area contributed by atoms with Crippen LogP contribution < -0.4 is 14.9 Å². The summed E-state index contributed by atoms with van der Waals surface area (Å²) in [5.74, 6) is 1.22. The molecule has 1 atom stereocenters. The molecule has 1 unspecified atom stereocenters. The molecule has 2 heterocycles. The molecule has 6 nitrogen and oxygen atoms in total. The highest BCUT2D eigenvalue weighted by Gasteiger charge is 2.23. The minimum absolute atomic E-state index is 0.0912. The Morgan fingerprint density at radius 2 is 1.77 bits per heavy atom. The van der Waals surface area contributed by atoms with E-state index in [-0.39, 0.29) is 16.7 Å². The van der Waals surface area contributed by atoms with Gasteiger partial charge in [-0.15, -0.1) is 11.8 Å². The molecule has 0 spiro atoms. The Kier molecular flexibility index (Phi) is 5.97. The van der Waals surface area contributed by atoms with Crippen molar-refractivity contribution in [2.75, 3.05) is 33.8 Å². The monoisotopic (exact) mass is 445 g/mol. The minimum atomic E-state index is -3.76. The molecule has 0 aliphatic carbocycles. The van der Waals surface area contributed by atoms with E-state index in [0.29, 0.717) is 17.1 Å². The van der Waals surface area contributed by atoms with Crippen molar-refractivity contribution in [2.45, 2.75) is 36.5 Å². The van der Waals surface area contributed by atoms with Crippen LogP contribution in [-0.2, 0) is 14.8 Å². The molecule has 160 valence electrons. The first-order valence-electron chi connectivity index (χ1n) is 10.3. The molecule has 1 fully saturated rings. The lowest BCUT2D eigenvalue weighted by Gasteiger charge is -2.32. The standard InChI is InChI=1S/C22H27N3O3S2/c1-15-9-11-25(12-10-15)18-5-3-17(4-6-18)24-30(27,28)19-7-8-21-20(13-19)23-22(26)16(2)14-29-21/h3-8,13,15-16,24H,9-12,14H2,1-2H3,(H,23,26). The largest absolute Gasteiger partial charge is 0.372 e. The van der Waals surface area contributed by atoms with Crippen LogP contribution in [0.3, 0.4) is 0 Å². The number of thioether (sulfide) groups is 1. The second kappa shape index (κ2) is 8.51. The molecule has 0 saturated carbocycles. The highest BCUT2D eigenvalue weighted by atomic mass is 32.2. The van der Waals surface area contributed by atoms with Crippen molar-refractivity contribution in [3.05, 3.63) is 42.5 Å². The summed E-state index contributed by atoms with van der Waals surface area (Å²) >= 11 is 1.56. The van der Waals surface area contributed by atoms with Crippen LogP contribution in [0.5, 0.6) is 0 Å². The Bertz CT molecular complexity index is 1030. The fraction of sp³-hybridized carbons (Fsp3) is 0.409. The van der Waals surface area contributed by atoms with Crippen LogP contribution in [0.25, 0.3) is 0 Å². The highest BCUT2D eigenvalue weighted by molar-refractivity contribution is 7.99. The van der Waals surface area contributed by atoms with Crippen LogP contribution in [0.1, 0.15) is 26.7 Å². The molecule has 2 aromatic rings. The van der Waals surface area contributed by atoms with Crippen LogP contribution in [0.4, 0.5) is 17.1 Å². The predicted molar refractivity (Wildman–Crippen MR) is 123 cm³/mol. The second-order valence-corrected chi connectivity index (χ2v) is 10.9. The SMILES string of the molecule is CC1CCN(c2ccc(NS(=O)(=O)c3ccc4c(c3)NC(=O)C(C)CS4)cc2)CC1. The number of benzene rings is 2. The predicted octanol–water partition coefficient (Wildman–Crippen LogP) is 4.40. The molecule has 1 amide bonds. The maximum absolute atomic E-state index is 12.9. The molecule has 0 aromatic heterocycles. The number of nitrogens with zero attached hydrogens (tertiary/aromatic N) is 1. The smallest absolute Gasteiger partial charge is 0.261 e. The third-order valence-corrected chi connectivity index (χ3v) is 8.44. The van der Waals surface area contributed by atoms with Gasteiger partial charge in [-0.3, -0.25) is 9.52 Å². The van der Waals surface area contributed by atoms with E-state index in [1.807, 2.05) is 19.1 Å². The second-order valence-electron chi connectivity index (χ2n) is 8.18. The van der Waals surface area contributed by atoms with Crippen molar-refractivity contribution in [1.29, 1.82) is 0 Å². The van der Waals surface area contributed by atoms with Crippen LogP contribution in [0.2, 0.25) is 0 Å². The Labute approximate surface area is 182 Å². The minimum Gasteiger partial charge on any atom is -0.372 e. The summed E-state index contributed by atoms with van der Waals surface area (Å²) in [7, 11) is -3.76. The lowest BCUT2D eigenvalue weighted by Crippen LogP contribution is -2.32. The fourth-order valence-corrected chi connectivity index (χ4v) is 5.76. The Balaban J connectivity index is 1.49. The quantitative estimate of drug-likeness (QED) is 0.729. The van der Waals surface area contributed by atoms with Crippen LogP contribution in [0, 0.1) is 11.8 Å². The number of sulfonamides is 1. The third kappa shape index (κ3) is 4.59. The summed E-state index contributed by atoms with van der Waals surface area (Å²) in [6.07, 6.45) is 2.36. The van der Waals surface area contributed by atoms with Gasteiger partial charge in [0.1, 0.15) is 0 Å². The summed E-state index contributed by atoms with van der Waals surface area (Å²) in [5.41, 5.74) is 2.18. The van der Waals surface area contributed by atoms with E-state index in [4.69, 9.17) is 0 Å². The van der Waals surface area contributed by atoms with Crippen molar-refractivity contribution in [3.8, 4) is 0 Å². The summed E-state index contributed by atoms with van der Waals surface area (Å²) in [6.45, 7) is 6.21. The summed E-state index contributed by atoms with van der Waals surface area (Å²) in [4.78, 5) is 15.5. The lowest BCUT2D eigenvalue weighted by atomic mass is 9.99. The van der Waals surface area contributed by atoms with Gasteiger partial charge in [-0.05, 0) is 61.2 Å². The number of carbonyl (C=O) groups excluding carboxylic acids is 1. The zero-order valence-corrected chi connectivity index (χ0v) is 18.9. The van der Waals surface area contributed by atoms with E-state index in [1.54, 1.807) is 36.0 Å². The summed E-state index contributed by atoms with van der Waals surface area (Å²) < 4.78 is 28.5. The number of piperidine rings is 1. The van der Waals surface area contributed by atoms with Gasteiger partial charge in [-0.2, -0.15) is 0 Å². The van der Waals surface area contributed by atoms with E-state index < -0.39 is 10.0 Å². The fourth-order valence-electron chi connectivity index (χ4n) is 3.67. The number of hydrogen-bond donors (Lipinski definition) is 2. The van der Waals surface area contributed by atoms with Gasteiger partial charge in [-0.1, -0.05) is 13.8 Å². The Morgan fingerprint density at radius 1 is 1.07 bits per heavy atom. The van der Waals surface area contributed by atoms with E-state index in [1.165, 1.54) is 18.9 Å². The maximum Gasteiger partial charge on any atom is 0.261 e. The maximum atomic E-state index is 12.9. The third-order valence-electron chi connectivity index (χ3n) is 5.72. The summed E-state index contributed by atoms with van der Waals surface area (Å²) in [6, 6.07) is 12.4. The molecule has 8 heteroatoms. The molecule has 2 aliphatic heterocycles. The van der Waals surface area contributed by atoms with Crippen molar-refractivity contribution >= 4 is 44.8 Å². The molecular weight excluding hydrogens is 418 g/mol. The van der Waals surface area contributed by atoms with Crippen LogP contribution >= 0.6 is 11.8 Å². The molecule has 0 radical (unpaired) electrons. The number of nitrogens with one attached hydrogen (secondary N) is 2. The van der Waals surface area contributed by atoms with Gasteiger partial charge >= 0.3 is 0 Å². The average molecular weight is 446 g/mol. The van der Waals surface area contributed by atoms with Gasteiger partial charge in [0.25, 0.3) is 10.0 Å². The van der Waals surface area contributed by atoms with Gasteiger partial charge in [0.15, 0.2) is 0 Å². The number of rotatable bonds is 4. The number of amides is 1. The average Bonchev–Trinajstić information content (AvgIpc) is 2.87. The van der Waals surface area contributed by atoms with Gasteiger partial charge in [0, 0.05) is 41.0 Å². The molecule has 1 saturated heterocycles. The number of anilines is 3. The number of fused-ring (bicyclic) bond motifs is 1. The Hall–Kier alpha value is -2.19. The normalized spacial score (nSPS) is 20.3. The molecule has 30 heavy (non-hydrogen) atoms. The van der Waals surface area contributed by atoms with Gasteiger partial charge in [0.05, 0.1) is 10.6 Å². The molecule has 4 rings (SSSR count). The Morgan fingerprint density at radius 3 is 2.47 bits per heavy atom. The highest BCUT2D eigenvalue weighted by Crippen LogP contribution is 2.34. The zero-order valence-electron chi connectivity index (χ0n) is 17.2. The van der Waals surface area contributed by atoms with E-state index in [2.05, 4.69) is 21.9 Å². The van der Waals surface area contributed by atoms with Crippen LogP contribution in [0.15, 0.2) is 52.3 Å². The lowest BCUT2D eigenvalue weighted by molar-refractivity contribution is -0.118. The van der Waals surface area contributed by atoms with Crippen LogP contribution in [-0.4, -0.2) is 33.2 Å². The first kappa shape index (κ1) is 21.1.